The molecule has 1 aliphatic rings. The first-order chi connectivity index (χ1) is 13.5. The first kappa shape index (κ1) is 18.6. The molecule has 0 amide bonds. The van der Waals surface area contributed by atoms with Crippen LogP contribution < -0.4 is 20.0 Å². The second-order valence-corrected chi connectivity index (χ2v) is 7.53. The number of ether oxygens (including phenoxy) is 2. The fourth-order valence-electron chi connectivity index (χ4n) is 3.99. The summed E-state index contributed by atoms with van der Waals surface area (Å²) in [6, 6.07) is 10.3. The first-order valence-corrected chi connectivity index (χ1v) is 9.64. The van der Waals surface area contributed by atoms with Crippen LogP contribution >= 0.6 is 0 Å². The molecule has 0 bridgehead atoms. The number of aryl methyl sites for hydroxylation is 2. The average molecular weight is 380 g/mol. The fourth-order valence-corrected chi connectivity index (χ4v) is 3.99. The molecule has 0 aliphatic carbocycles. The van der Waals surface area contributed by atoms with Gasteiger partial charge in [-0.25, -0.2) is 4.79 Å². The zero-order valence-electron chi connectivity index (χ0n) is 16.8. The maximum absolute atomic E-state index is 12.1. The highest BCUT2D eigenvalue weighted by Gasteiger charge is 2.25. The number of methoxy groups -OCH3 is 1. The quantitative estimate of drug-likeness (QED) is 0.707. The van der Waals surface area contributed by atoms with Crippen LogP contribution in [0.5, 0.6) is 11.5 Å². The van der Waals surface area contributed by atoms with Gasteiger partial charge in [0, 0.05) is 28.5 Å². The Morgan fingerprint density at radius 3 is 2.68 bits per heavy atom. The third-order valence-electron chi connectivity index (χ3n) is 5.80. The van der Waals surface area contributed by atoms with Crippen molar-refractivity contribution in [3.63, 3.8) is 0 Å². The summed E-state index contributed by atoms with van der Waals surface area (Å²) >= 11 is 0. The topological polar surface area (TPSA) is 53.1 Å². The molecule has 1 atom stereocenters. The van der Waals surface area contributed by atoms with Crippen molar-refractivity contribution in [2.24, 2.45) is 0 Å². The van der Waals surface area contributed by atoms with E-state index in [1.54, 1.807) is 7.11 Å². The normalized spacial score (nSPS) is 15.9. The molecule has 1 aromatic heterocycles. The smallest absolute Gasteiger partial charge is 0.339 e. The molecular weight excluding hydrogens is 354 g/mol. The predicted molar refractivity (Wildman–Crippen MR) is 108 cm³/mol. The lowest BCUT2D eigenvalue weighted by Gasteiger charge is -2.28. The summed E-state index contributed by atoms with van der Waals surface area (Å²) in [6.07, 6.45) is 0.928. The molecule has 3 aromatic rings. The van der Waals surface area contributed by atoms with Gasteiger partial charge < -0.3 is 13.9 Å². The Balaban J connectivity index is 1.61. The number of quaternary nitrogens is 1. The molecule has 1 unspecified atom stereocenters. The maximum Gasteiger partial charge on any atom is 0.339 e. The van der Waals surface area contributed by atoms with Gasteiger partial charge >= 0.3 is 5.63 Å². The molecule has 146 valence electrons. The molecule has 4 rings (SSSR count). The molecule has 0 spiro atoms. The molecule has 0 saturated heterocycles. The monoisotopic (exact) mass is 380 g/mol. The van der Waals surface area contributed by atoms with Gasteiger partial charge in [0.05, 0.1) is 13.7 Å². The van der Waals surface area contributed by atoms with Gasteiger partial charge in [0.2, 0.25) is 6.73 Å². The Kier molecular flexibility index (Phi) is 4.85. The van der Waals surface area contributed by atoms with Crippen LogP contribution in [0.3, 0.4) is 0 Å². The maximum atomic E-state index is 12.1. The molecule has 1 N–H and O–H groups in total. The SMILES string of the molecule is COc1ccccc1CC[NH+]1COc2c(cc3c(C)c(C)c(=O)oc3c2C)C1. The summed E-state index contributed by atoms with van der Waals surface area (Å²) in [7, 11) is 1.71. The summed E-state index contributed by atoms with van der Waals surface area (Å²) in [5, 5.41) is 1.00. The van der Waals surface area contributed by atoms with E-state index in [1.807, 2.05) is 39.0 Å². The first-order valence-electron chi connectivity index (χ1n) is 9.64. The van der Waals surface area contributed by atoms with E-state index in [2.05, 4.69) is 12.1 Å². The standard InChI is InChI=1S/C23H25NO4/c1-14-15(2)23(25)28-22-16(3)21-18(11-19(14)22)12-24(13-27-21)10-9-17-7-5-6-8-20(17)26-4/h5-8,11H,9-10,12-13H2,1-4H3/p+1. The van der Waals surface area contributed by atoms with Crippen molar-refractivity contribution < 1.29 is 18.8 Å². The van der Waals surface area contributed by atoms with Crippen LogP contribution in [-0.2, 0) is 13.0 Å². The lowest BCUT2D eigenvalue weighted by molar-refractivity contribution is -0.932. The summed E-state index contributed by atoms with van der Waals surface area (Å²) in [6.45, 7) is 8.22. The summed E-state index contributed by atoms with van der Waals surface area (Å²) in [4.78, 5) is 13.4. The highest BCUT2D eigenvalue weighted by Crippen LogP contribution is 2.33. The molecule has 2 aromatic carbocycles. The highest BCUT2D eigenvalue weighted by atomic mass is 16.5. The van der Waals surface area contributed by atoms with Crippen molar-refractivity contribution in [1.29, 1.82) is 0 Å². The average Bonchev–Trinajstić information content (AvgIpc) is 2.72. The predicted octanol–water partition coefficient (Wildman–Crippen LogP) is 2.70. The largest absolute Gasteiger partial charge is 0.496 e. The van der Waals surface area contributed by atoms with Crippen molar-refractivity contribution in [3.05, 3.63) is 68.6 Å². The number of rotatable bonds is 4. The number of hydrogen-bond acceptors (Lipinski definition) is 4. The summed E-state index contributed by atoms with van der Waals surface area (Å²) in [5.41, 5.74) is 5.32. The van der Waals surface area contributed by atoms with Gasteiger partial charge in [-0.3, -0.25) is 4.90 Å². The number of hydrogen-bond donors (Lipinski definition) is 1. The van der Waals surface area contributed by atoms with Crippen molar-refractivity contribution >= 4 is 11.0 Å². The van der Waals surface area contributed by atoms with Gasteiger partial charge in [-0.2, -0.15) is 0 Å². The molecule has 5 heteroatoms. The van der Waals surface area contributed by atoms with E-state index in [0.717, 1.165) is 47.5 Å². The molecule has 2 heterocycles. The third-order valence-corrected chi connectivity index (χ3v) is 5.80. The molecule has 0 saturated carbocycles. The molecule has 0 fully saturated rings. The minimum atomic E-state index is -0.270. The number of benzene rings is 2. The number of fused-ring (bicyclic) bond motifs is 2. The van der Waals surface area contributed by atoms with Crippen molar-refractivity contribution in [1.82, 2.24) is 0 Å². The second-order valence-electron chi connectivity index (χ2n) is 7.53. The van der Waals surface area contributed by atoms with Gasteiger partial charge in [0.25, 0.3) is 0 Å². The van der Waals surface area contributed by atoms with E-state index in [-0.39, 0.29) is 5.63 Å². The van der Waals surface area contributed by atoms with E-state index in [4.69, 9.17) is 13.9 Å². The summed E-state index contributed by atoms with van der Waals surface area (Å²) in [5.74, 6) is 1.79. The van der Waals surface area contributed by atoms with E-state index in [9.17, 15) is 4.79 Å². The summed E-state index contributed by atoms with van der Waals surface area (Å²) < 4.78 is 17.1. The molecule has 5 nitrogen and oxygen atoms in total. The van der Waals surface area contributed by atoms with E-state index in [1.165, 1.54) is 16.0 Å². The minimum absolute atomic E-state index is 0.270. The van der Waals surface area contributed by atoms with Crippen molar-refractivity contribution in [2.45, 2.75) is 33.7 Å². The van der Waals surface area contributed by atoms with Crippen LogP contribution in [0.4, 0.5) is 0 Å². The fraction of sp³-hybridized carbons (Fsp3) is 0.348. The molecule has 28 heavy (non-hydrogen) atoms. The Bertz CT molecular complexity index is 1100. The highest BCUT2D eigenvalue weighted by molar-refractivity contribution is 5.86. The van der Waals surface area contributed by atoms with Gasteiger partial charge in [-0.05, 0) is 44.0 Å². The van der Waals surface area contributed by atoms with Gasteiger partial charge in [0.1, 0.15) is 23.6 Å². The Morgan fingerprint density at radius 2 is 1.89 bits per heavy atom. The number of para-hydroxylation sites is 1. The minimum Gasteiger partial charge on any atom is -0.496 e. The Hall–Kier alpha value is -2.79. The Morgan fingerprint density at radius 1 is 1.11 bits per heavy atom. The van der Waals surface area contributed by atoms with Crippen LogP contribution in [0.2, 0.25) is 0 Å². The molecular formula is C23H26NO4+. The lowest BCUT2D eigenvalue weighted by Crippen LogP contribution is -3.12. The van der Waals surface area contributed by atoms with E-state index < -0.39 is 0 Å². The molecule has 1 aliphatic heterocycles. The van der Waals surface area contributed by atoms with Crippen molar-refractivity contribution in [3.8, 4) is 11.5 Å². The van der Waals surface area contributed by atoms with Crippen LogP contribution in [0.1, 0.15) is 27.8 Å². The van der Waals surface area contributed by atoms with Crippen LogP contribution in [-0.4, -0.2) is 20.4 Å². The van der Waals surface area contributed by atoms with Crippen LogP contribution in [0, 0.1) is 20.8 Å². The van der Waals surface area contributed by atoms with E-state index in [0.29, 0.717) is 17.9 Å². The van der Waals surface area contributed by atoms with Gasteiger partial charge in [-0.15, -0.1) is 0 Å². The van der Waals surface area contributed by atoms with E-state index >= 15 is 0 Å². The second kappa shape index (κ2) is 7.32. The van der Waals surface area contributed by atoms with Gasteiger partial charge in [-0.1, -0.05) is 18.2 Å². The van der Waals surface area contributed by atoms with Crippen molar-refractivity contribution in [2.75, 3.05) is 20.4 Å². The Labute approximate surface area is 164 Å². The molecule has 0 radical (unpaired) electrons. The zero-order chi connectivity index (χ0) is 19.8. The van der Waals surface area contributed by atoms with Crippen LogP contribution in [0.25, 0.3) is 11.0 Å². The number of nitrogens with one attached hydrogen (secondary N) is 1. The zero-order valence-corrected chi connectivity index (χ0v) is 16.8. The lowest BCUT2D eigenvalue weighted by atomic mass is 9.99. The third kappa shape index (κ3) is 3.16. The van der Waals surface area contributed by atoms with Gasteiger partial charge in [0.15, 0.2) is 0 Å². The van der Waals surface area contributed by atoms with Crippen LogP contribution in [0.15, 0.2) is 39.5 Å².